The number of aromatic nitrogens is 2. The molecule has 8 nitrogen and oxygen atoms in total. The molecule has 1 atom stereocenters. The number of ether oxygens (including phenoxy) is 1. The predicted molar refractivity (Wildman–Crippen MR) is 136 cm³/mol. The number of carboxylic acids is 1. The van der Waals surface area contributed by atoms with E-state index in [-0.39, 0.29) is 24.1 Å². The van der Waals surface area contributed by atoms with Crippen LogP contribution in [0.1, 0.15) is 50.6 Å². The fraction of sp³-hybridized carbons (Fsp3) is 0.423. The molecule has 2 aliphatic rings. The Morgan fingerprint density at radius 2 is 1.86 bits per heavy atom. The Labute approximate surface area is 208 Å². The Balaban J connectivity index is 1.63. The number of para-hydroxylation sites is 1. The molecule has 1 amide bonds. The van der Waals surface area contributed by atoms with Gasteiger partial charge in [0.15, 0.2) is 0 Å². The van der Waals surface area contributed by atoms with E-state index in [1.54, 1.807) is 4.90 Å². The number of nitrogens with one attached hydrogen (secondary N) is 1. The van der Waals surface area contributed by atoms with Gasteiger partial charge in [0.1, 0.15) is 0 Å². The number of aliphatic carboxylic acids is 1. The van der Waals surface area contributed by atoms with Gasteiger partial charge in [-0.3, -0.25) is 9.69 Å². The Hall–Kier alpha value is -3.26. The van der Waals surface area contributed by atoms with Crippen molar-refractivity contribution in [3.05, 3.63) is 47.0 Å². The summed E-state index contributed by atoms with van der Waals surface area (Å²) in [5, 5.41) is 13.5. The molecule has 0 spiro atoms. The van der Waals surface area contributed by atoms with Crippen molar-refractivity contribution in [2.24, 2.45) is 5.92 Å². The number of carboxylic acid groups (broad SMARTS) is 1. The average molecular weight is 497 g/mol. The summed E-state index contributed by atoms with van der Waals surface area (Å²) in [6.45, 7) is 2.02. The SMILES string of the molecule is COC(=O)N1c2ccc3c(nc(Nc4ccccc4Cl)n3[C@H]3CC[C@H](C(=O)O)CC3)c2CC[C@@H]1C. The van der Waals surface area contributed by atoms with E-state index in [4.69, 9.17) is 21.3 Å². The summed E-state index contributed by atoms with van der Waals surface area (Å²) in [6, 6.07) is 11.6. The number of hydrogen-bond donors (Lipinski definition) is 2. The number of carbonyl (C=O) groups is 2. The van der Waals surface area contributed by atoms with Crippen LogP contribution in [-0.4, -0.2) is 39.9 Å². The van der Waals surface area contributed by atoms with Crippen LogP contribution in [0.5, 0.6) is 0 Å². The van der Waals surface area contributed by atoms with Gasteiger partial charge in [-0.2, -0.15) is 0 Å². The molecule has 1 fully saturated rings. The Bertz CT molecular complexity index is 1280. The quantitative estimate of drug-likeness (QED) is 0.449. The van der Waals surface area contributed by atoms with Gasteiger partial charge in [0.25, 0.3) is 0 Å². The highest BCUT2D eigenvalue weighted by molar-refractivity contribution is 6.33. The van der Waals surface area contributed by atoms with E-state index >= 15 is 0 Å². The van der Waals surface area contributed by atoms with E-state index in [9.17, 15) is 14.7 Å². The van der Waals surface area contributed by atoms with Crippen LogP contribution in [0.4, 0.5) is 22.1 Å². The number of nitrogens with zero attached hydrogens (tertiary/aromatic N) is 3. The number of fused-ring (bicyclic) bond motifs is 3. The fourth-order valence-corrected chi connectivity index (χ4v) is 5.68. The van der Waals surface area contributed by atoms with E-state index in [2.05, 4.69) is 9.88 Å². The third kappa shape index (κ3) is 4.20. The van der Waals surface area contributed by atoms with Gasteiger partial charge in [-0.1, -0.05) is 23.7 Å². The normalized spacial score (nSPS) is 22.0. The van der Waals surface area contributed by atoms with Crippen LogP contribution < -0.4 is 10.2 Å². The van der Waals surface area contributed by atoms with Gasteiger partial charge in [-0.25, -0.2) is 9.78 Å². The molecule has 3 aromatic rings. The van der Waals surface area contributed by atoms with Crippen LogP contribution in [0.15, 0.2) is 36.4 Å². The molecule has 1 aromatic heterocycles. The summed E-state index contributed by atoms with van der Waals surface area (Å²) in [4.78, 5) is 30.8. The number of halogens is 1. The molecular weight excluding hydrogens is 468 g/mol. The maximum atomic E-state index is 12.6. The molecule has 184 valence electrons. The van der Waals surface area contributed by atoms with Crippen molar-refractivity contribution in [1.29, 1.82) is 0 Å². The molecule has 0 unspecified atom stereocenters. The average Bonchev–Trinajstić information content (AvgIpc) is 3.23. The highest BCUT2D eigenvalue weighted by Crippen LogP contribution is 2.42. The lowest BCUT2D eigenvalue weighted by Crippen LogP contribution is -2.42. The van der Waals surface area contributed by atoms with Gasteiger partial charge in [0.2, 0.25) is 5.95 Å². The zero-order valence-corrected chi connectivity index (χ0v) is 20.6. The third-order valence-electron chi connectivity index (χ3n) is 7.36. The summed E-state index contributed by atoms with van der Waals surface area (Å²) < 4.78 is 7.25. The molecule has 9 heteroatoms. The van der Waals surface area contributed by atoms with Crippen LogP contribution in [0.3, 0.4) is 0 Å². The van der Waals surface area contributed by atoms with Crippen molar-refractivity contribution < 1.29 is 19.4 Å². The first-order valence-electron chi connectivity index (χ1n) is 12.0. The number of aryl methyl sites for hydroxylation is 1. The minimum absolute atomic E-state index is 0.0292. The summed E-state index contributed by atoms with van der Waals surface area (Å²) in [7, 11) is 1.40. The first kappa shape index (κ1) is 23.5. The highest BCUT2D eigenvalue weighted by atomic mass is 35.5. The van der Waals surface area contributed by atoms with Gasteiger partial charge < -0.3 is 19.7 Å². The van der Waals surface area contributed by atoms with Crippen molar-refractivity contribution >= 4 is 52.0 Å². The highest BCUT2D eigenvalue weighted by Gasteiger charge is 2.33. The molecule has 2 aromatic carbocycles. The lowest BCUT2D eigenvalue weighted by molar-refractivity contribution is -0.143. The van der Waals surface area contributed by atoms with Crippen molar-refractivity contribution in [3.8, 4) is 0 Å². The zero-order valence-electron chi connectivity index (χ0n) is 19.8. The minimum atomic E-state index is -0.723. The van der Waals surface area contributed by atoms with Crippen LogP contribution in [0.2, 0.25) is 5.02 Å². The second-order valence-corrected chi connectivity index (χ2v) is 9.82. The van der Waals surface area contributed by atoms with E-state index < -0.39 is 5.97 Å². The fourth-order valence-electron chi connectivity index (χ4n) is 5.50. The summed E-state index contributed by atoms with van der Waals surface area (Å²) >= 11 is 6.44. The molecular formula is C26H29ClN4O4. The van der Waals surface area contributed by atoms with E-state index in [1.807, 2.05) is 43.3 Å². The summed E-state index contributed by atoms with van der Waals surface area (Å²) in [6.07, 6.45) is 4.00. The summed E-state index contributed by atoms with van der Waals surface area (Å²) in [5.74, 6) is -0.355. The largest absolute Gasteiger partial charge is 0.481 e. The van der Waals surface area contributed by atoms with Gasteiger partial charge in [0, 0.05) is 17.6 Å². The number of imidazole rings is 1. The van der Waals surface area contributed by atoms with Crippen molar-refractivity contribution in [2.45, 2.75) is 57.5 Å². The lowest BCUT2D eigenvalue weighted by Gasteiger charge is -2.34. The number of amides is 1. The zero-order chi connectivity index (χ0) is 24.7. The molecule has 35 heavy (non-hydrogen) atoms. The predicted octanol–water partition coefficient (Wildman–Crippen LogP) is 6.16. The van der Waals surface area contributed by atoms with Crippen LogP contribution in [0.25, 0.3) is 11.0 Å². The van der Waals surface area contributed by atoms with E-state index in [1.165, 1.54) is 7.11 Å². The van der Waals surface area contributed by atoms with E-state index in [0.29, 0.717) is 23.8 Å². The third-order valence-corrected chi connectivity index (χ3v) is 7.69. The molecule has 0 saturated heterocycles. The Morgan fingerprint density at radius 1 is 1.11 bits per heavy atom. The van der Waals surface area contributed by atoms with Crippen LogP contribution in [-0.2, 0) is 16.0 Å². The van der Waals surface area contributed by atoms with Crippen molar-refractivity contribution in [3.63, 3.8) is 0 Å². The lowest BCUT2D eigenvalue weighted by atomic mass is 9.86. The van der Waals surface area contributed by atoms with Crippen LogP contribution >= 0.6 is 11.6 Å². The maximum absolute atomic E-state index is 12.6. The molecule has 1 aliphatic heterocycles. The maximum Gasteiger partial charge on any atom is 0.414 e. The topological polar surface area (TPSA) is 96.7 Å². The monoisotopic (exact) mass is 496 g/mol. The molecule has 0 radical (unpaired) electrons. The standard InChI is InChI=1S/C26H29ClN4O4/c1-15-7-12-18-21(30(15)26(34)35-2)13-14-22-23(18)29-25(28-20-6-4-3-5-19(20)27)31(22)17-10-8-16(9-11-17)24(32)33/h3-6,13-17H,7-12H2,1-2H3,(H,28,29)(H,32,33)/t15-,16-,17-/m0/s1. The smallest absolute Gasteiger partial charge is 0.414 e. The molecule has 1 saturated carbocycles. The number of carbonyl (C=O) groups excluding carboxylic acids is 1. The number of benzene rings is 2. The first-order chi connectivity index (χ1) is 16.9. The van der Waals surface area contributed by atoms with Crippen LogP contribution in [0, 0.1) is 5.92 Å². The number of rotatable bonds is 4. The van der Waals surface area contributed by atoms with E-state index in [0.717, 1.165) is 53.7 Å². The Kier molecular flexibility index (Phi) is 6.32. The molecule has 2 heterocycles. The molecule has 2 N–H and O–H groups in total. The van der Waals surface area contributed by atoms with Crippen molar-refractivity contribution in [2.75, 3.05) is 17.3 Å². The number of methoxy groups -OCH3 is 1. The molecule has 0 bridgehead atoms. The second kappa shape index (κ2) is 9.41. The molecule has 1 aliphatic carbocycles. The van der Waals surface area contributed by atoms with Gasteiger partial charge in [-0.15, -0.1) is 0 Å². The number of anilines is 3. The Morgan fingerprint density at radius 3 is 2.54 bits per heavy atom. The number of hydrogen-bond acceptors (Lipinski definition) is 5. The van der Waals surface area contributed by atoms with Gasteiger partial charge in [0.05, 0.1) is 40.5 Å². The minimum Gasteiger partial charge on any atom is -0.481 e. The second-order valence-electron chi connectivity index (χ2n) is 9.41. The summed E-state index contributed by atoms with van der Waals surface area (Å²) in [5.41, 5.74) is 4.41. The first-order valence-corrected chi connectivity index (χ1v) is 12.4. The van der Waals surface area contributed by atoms with Gasteiger partial charge >= 0.3 is 12.1 Å². The molecule has 5 rings (SSSR count). The van der Waals surface area contributed by atoms with Gasteiger partial charge in [-0.05, 0) is 69.7 Å². The van der Waals surface area contributed by atoms with Crippen molar-refractivity contribution in [1.82, 2.24) is 9.55 Å².